The summed E-state index contributed by atoms with van der Waals surface area (Å²) in [5.74, 6) is -0.732. The SMILES string of the molecule is C=Cc1cc(-c2cc(NCc3ccc(Cl)s3)n(C(=O)C(C)(C)CO)n2)c(=O)n(CC(=O)c2ncco2)c1. The van der Waals surface area contributed by atoms with Crippen LogP contribution in [0.3, 0.4) is 0 Å². The van der Waals surface area contributed by atoms with Gasteiger partial charge in [-0.3, -0.25) is 14.4 Å². The summed E-state index contributed by atoms with van der Waals surface area (Å²) in [6, 6.07) is 6.79. The fourth-order valence-corrected chi connectivity index (χ4v) is 4.45. The van der Waals surface area contributed by atoms with E-state index in [1.807, 2.05) is 6.07 Å². The lowest BCUT2D eigenvalue weighted by molar-refractivity contribution is 0.0616. The highest BCUT2D eigenvalue weighted by molar-refractivity contribution is 7.16. The predicted molar refractivity (Wildman–Crippen MR) is 141 cm³/mol. The summed E-state index contributed by atoms with van der Waals surface area (Å²) in [6.45, 7) is 6.60. The van der Waals surface area contributed by atoms with E-state index in [9.17, 15) is 19.5 Å². The van der Waals surface area contributed by atoms with Crippen molar-refractivity contribution in [3.8, 4) is 11.3 Å². The second-order valence-electron chi connectivity index (χ2n) is 8.82. The van der Waals surface area contributed by atoms with Crippen LogP contribution in [0.4, 0.5) is 5.82 Å². The van der Waals surface area contributed by atoms with E-state index in [1.54, 1.807) is 32.0 Å². The third-order valence-corrected chi connectivity index (χ3v) is 6.78. The maximum Gasteiger partial charge on any atom is 0.264 e. The fraction of sp³-hybridized carbons (Fsp3) is 0.240. The lowest BCUT2D eigenvalue weighted by Gasteiger charge is -2.20. The smallest absolute Gasteiger partial charge is 0.264 e. The highest BCUT2D eigenvalue weighted by Gasteiger charge is 2.31. The normalized spacial score (nSPS) is 11.5. The Balaban J connectivity index is 1.76. The van der Waals surface area contributed by atoms with Crippen LogP contribution in [0.5, 0.6) is 0 Å². The minimum Gasteiger partial charge on any atom is -0.442 e. The molecule has 0 aliphatic rings. The molecule has 192 valence electrons. The van der Waals surface area contributed by atoms with E-state index in [1.165, 1.54) is 40.6 Å². The number of halogens is 1. The Bertz CT molecular complexity index is 1520. The molecule has 0 radical (unpaired) electrons. The van der Waals surface area contributed by atoms with E-state index in [2.05, 4.69) is 22.0 Å². The van der Waals surface area contributed by atoms with Gasteiger partial charge in [-0.15, -0.1) is 11.3 Å². The number of rotatable bonds is 10. The van der Waals surface area contributed by atoms with Crippen LogP contribution in [-0.2, 0) is 13.1 Å². The molecule has 0 fully saturated rings. The average Bonchev–Trinajstić information content (AvgIpc) is 3.64. The van der Waals surface area contributed by atoms with Gasteiger partial charge in [0.25, 0.3) is 17.4 Å². The number of anilines is 1. The number of ketones is 1. The van der Waals surface area contributed by atoms with Gasteiger partial charge >= 0.3 is 0 Å². The van der Waals surface area contributed by atoms with Crippen molar-refractivity contribution in [1.82, 2.24) is 19.3 Å². The first-order valence-electron chi connectivity index (χ1n) is 11.2. The molecular weight excluding hydrogens is 518 g/mol. The molecule has 0 aromatic carbocycles. The molecule has 10 nitrogen and oxygen atoms in total. The van der Waals surface area contributed by atoms with Crippen LogP contribution in [0.15, 0.2) is 58.7 Å². The van der Waals surface area contributed by atoms with Crippen molar-refractivity contribution in [2.24, 2.45) is 5.41 Å². The molecule has 0 saturated heterocycles. The van der Waals surface area contributed by atoms with Crippen molar-refractivity contribution in [3.63, 3.8) is 0 Å². The van der Waals surface area contributed by atoms with Gasteiger partial charge in [0.1, 0.15) is 17.8 Å². The Morgan fingerprint density at radius 2 is 2.11 bits per heavy atom. The maximum atomic E-state index is 13.4. The Morgan fingerprint density at radius 1 is 1.32 bits per heavy atom. The number of nitrogens with one attached hydrogen (secondary N) is 1. The van der Waals surface area contributed by atoms with E-state index < -0.39 is 29.3 Å². The zero-order valence-corrected chi connectivity index (χ0v) is 21.7. The molecule has 0 aliphatic carbocycles. The first kappa shape index (κ1) is 26.3. The maximum absolute atomic E-state index is 13.4. The Hall–Kier alpha value is -3.80. The second kappa shape index (κ2) is 10.7. The molecule has 0 saturated carbocycles. The van der Waals surface area contributed by atoms with Gasteiger partial charge < -0.3 is 19.4 Å². The third kappa shape index (κ3) is 5.63. The number of thiophene rings is 1. The Kier molecular flexibility index (Phi) is 7.58. The number of nitrogens with zero attached hydrogens (tertiary/aromatic N) is 4. The van der Waals surface area contributed by atoms with Crippen molar-refractivity contribution in [2.75, 3.05) is 11.9 Å². The number of carbonyl (C=O) groups is 2. The molecule has 0 bridgehead atoms. The molecule has 0 aliphatic heterocycles. The minimum atomic E-state index is -1.13. The molecule has 0 atom stereocenters. The lowest BCUT2D eigenvalue weighted by atomic mass is 9.94. The van der Waals surface area contributed by atoms with E-state index in [-0.39, 0.29) is 23.7 Å². The van der Waals surface area contributed by atoms with Gasteiger partial charge in [-0.05, 0) is 37.6 Å². The predicted octanol–water partition coefficient (Wildman–Crippen LogP) is 4.21. The average molecular weight is 542 g/mol. The van der Waals surface area contributed by atoms with E-state index in [0.29, 0.717) is 22.3 Å². The van der Waals surface area contributed by atoms with Crippen molar-refractivity contribution in [1.29, 1.82) is 0 Å². The number of Topliss-reactive ketones (excluding diaryl/α,β-unsaturated/α-hetero) is 1. The van der Waals surface area contributed by atoms with E-state index >= 15 is 0 Å². The van der Waals surface area contributed by atoms with Crippen molar-refractivity contribution >= 4 is 46.5 Å². The molecule has 2 N–H and O–H groups in total. The highest BCUT2D eigenvalue weighted by Crippen LogP contribution is 2.27. The van der Waals surface area contributed by atoms with E-state index in [4.69, 9.17) is 16.0 Å². The molecule has 0 spiro atoms. The first-order chi connectivity index (χ1) is 17.6. The summed E-state index contributed by atoms with van der Waals surface area (Å²) < 4.78 is 8.04. The molecule has 37 heavy (non-hydrogen) atoms. The largest absolute Gasteiger partial charge is 0.442 e. The monoisotopic (exact) mass is 541 g/mol. The number of aliphatic hydroxyl groups is 1. The lowest BCUT2D eigenvalue weighted by Crippen LogP contribution is -2.34. The number of hydrogen-bond donors (Lipinski definition) is 2. The fourth-order valence-electron chi connectivity index (χ4n) is 3.43. The van der Waals surface area contributed by atoms with Crippen molar-refractivity contribution < 1.29 is 19.1 Å². The van der Waals surface area contributed by atoms with Gasteiger partial charge in [-0.2, -0.15) is 9.78 Å². The van der Waals surface area contributed by atoms with Crippen LogP contribution < -0.4 is 10.9 Å². The van der Waals surface area contributed by atoms with Crippen LogP contribution in [0.2, 0.25) is 4.34 Å². The third-order valence-electron chi connectivity index (χ3n) is 5.55. The molecule has 12 heteroatoms. The summed E-state index contributed by atoms with van der Waals surface area (Å²) in [5.41, 5.74) is -0.694. The van der Waals surface area contributed by atoms with Gasteiger partial charge in [0.15, 0.2) is 0 Å². The first-order valence-corrected chi connectivity index (χ1v) is 12.4. The second-order valence-corrected chi connectivity index (χ2v) is 10.6. The standard InChI is InChI=1S/C25H24ClN5O5S/c1-4-15-9-17(23(34)30(12-15)13-19(33)22-27-7-8-36-22)18-10-21(28-11-16-5-6-20(26)37-16)31(29-18)24(35)25(2,3)14-32/h4-10,12,28,32H,1,11,13-14H2,2-3H3. The van der Waals surface area contributed by atoms with Gasteiger partial charge in [0, 0.05) is 17.1 Å². The number of pyridine rings is 1. The van der Waals surface area contributed by atoms with Gasteiger partial charge in [0.2, 0.25) is 5.78 Å². The summed E-state index contributed by atoms with van der Waals surface area (Å²) >= 11 is 7.42. The van der Waals surface area contributed by atoms with Crippen LogP contribution in [0, 0.1) is 5.41 Å². The zero-order valence-electron chi connectivity index (χ0n) is 20.1. The summed E-state index contributed by atoms with van der Waals surface area (Å²) in [4.78, 5) is 43.9. The minimum absolute atomic E-state index is 0.112. The number of carbonyl (C=O) groups excluding carboxylic acids is 2. The molecule has 4 rings (SSSR count). The van der Waals surface area contributed by atoms with Crippen molar-refractivity contribution in [2.45, 2.75) is 26.9 Å². The van der Waals surface area contributed by atoms with Crippen molar-refractivity contribution in [3.05, 3.63) is 80.5 Å². The number of aliphatic hydroxyl groups excluding tert-OH is 1. The topological polar surface area (TPSA) is 132 Å². The Labute approximate surface area is 220 Å². The summed E-state index contributed by atoms with van der Waals surface area (Å²) in [6.07, 6.45) is 5.65. The number of oxazole rings is 1. The number of aromatic nitrogens is 4. The molecule has 4 aromatic rings. The van der Waals surface area contributed by atoms with Crippen LogP contribution in [-0.4, -0.2) is 42.7 Å². The van der Waals surface area contributed by atoms with Gasteiger partial charge in [-0.1, -0.05) is 24.3 Å². The Morgan fingerprint density at radius 3 is 2.73 bits per heavy atom. The molecule has 4 heterocycles. The van der Waals surface area contributed by atoms with Crippen LogP contribution in [0.25, 0.3) is 17.3 Å². The molecule has 0 amide bonds. The molecular formula is C25H24ClN5O5S. The highest BCUT2D eigenvalue weighted by atomic mass is 35.5. The van der Waals surface area contributed by atoms with Gasteiger partial charge in [0.05, 0.1) is 41.2 Å². The summed E-state index contributed by atoms with van der Waals surface area (Å²) in [7, 11) is 0. The molecule has 4 aromatic heterocycles. The zero-order chi connectivity index (χ0) is 26.7. The van der Waals surface area contributed by atoms with E-state index in [0.717, 1.165) is 9.56 Å². The quantitative estimate of drug-likeness (QED) is 0.285. The number of hydrogen-bond acceptors (Lipinski definition) is 9. The van der Waals surface area contributed by atoms with Crippen LogP contribution >= 0.6 is 22.9 Å². The van der Waals surface area contributed by atoms with Gasteiger partial charge in [-0.25, -0.2) is 4.98 Å². The van der Waals surface area contributed by atoms with Crippen LogP contribution in [0.1, 0.15) is 39.8 Å². The summed E-state index contributed by atoms with van der Waals surface area (Å²) in [5, 5.41) is 17.4. The molecule has 0 unspecified atom stereocenters.